The number of sulfonamides is 1. The average molecular weight is 521 g/mol. The van der Waals surface area contributed by atoms with E-state index in [0.29, 0.717) is 10.8 Å². The molecule has 0 radical (unpaired) electrons. The van der Waals surface area contributed by atoms with Crippen LogP contribution in [-0.2, 0) is 19.6 Å². The van der Waals surface area contributed by atoms with Crippen molar-refractivity contribution in [3.05, 3.63) is 47.4 Å². The van der Waals surface area contributed by atoms with Gasteiger partial charge < -0.3 is 15.7 Å². The molecule has 11 heteroatoms. The molecule has 36 heavy (non-hydrogen) atoms. The molecule has 0 heterocycles. The number of nitrogens with one attached hydrogen (secondary N) is 3. The zero-order valence-electron chi connectivity index (χ0n) is 21.5. The summed E-state index contributed by atoms with van der Waals surface area (Å²) in [6.45, 7) is 8.95. The van der Waals surface area contributed by atoms with Gasteiger partial charge in [-0.25, -0.2) is 13.1 Å². The number of hydrogen-bond acceptors (Lipinski definition) is 7. The third-order valence-corrected chi connectivity index (χ3v) is 7.43. The Kier molecular flexibility index (Phi) is 9.70. The van der Waals surface area contributed by atoms with Gasteiger partial charge in [-0.3, -0.25) is 9.59 Å². The summed E-state index contributed by atoms with van der Waals surface area (Å²) in [5.74, 6) is -2.42. The zero-order chi connectivity index (χ0) is 27.3. The molecule has 0 aliphatic heterocycles. The Morgan fingerprint density at radius 2 is 1.64 bits per heavy atom. The second-order valence-electron chi connectivity index (χ2n) is 10.3. The Morgan fingerprint density at radius 3 is 2.19 bits per heavy atom. The summed E-state index contributed by atoms with van der Waals surface area (Å²) < 4.78 is 29.3. The molecule has 10 nitrogen and oxygen atoms in total. The number of nitroso groups, excluding NO2 is 1. The normalized spacial score (nSPS) is 15.7. The van der Waals surface area contributed by atoms with Crippen molar-refractivity contribution in [3.8, 4) is 0 Å². The van der Waals surface area contributed by atoms with Crippen molar-refractivity contribution in [2.75, 3.05) is 7.05 Å². The first-order valence-electron chi connectivity index (χ1n) is 11.8. The molecule has 0 fully saturated rings. The summed E-state index contributed by atoms with van der Waals surface area (Å²) >= 11 is 0. The van der Waals surface area contributed by atoms with Gasteiger partial charge in [0.25, 0.3) is 0 Å². The molecule has 0 saturated carbocycles. The van der Waals surface area contributed by atoms with Crippen LogP contribution in [-0.4, -0.2) is 50.7 Å². The SMILES string of the molecule is CNC(=O)C(NC(=O)[C@H](CC(C)C)[C@H](NS(=O)(=O)c1cccc2ccccc12)C(O)N=O)C(C)(C)C. The number of rotatable bonds is 11. The highest BCUT2D eigenvalue weighted by Gasteiger charge is 2.41. The highest BCUT2D eigenvalue weighted by Crippen LogP contribution is 2.27. The molecule has 0 aliphatic rings. The van der Waals surface area contributed by atoms with Gasteiger partial charge in [0.1, 0.15) is 6.04 Å². The van der Waals surface area contributed by atoms with Crippen LogP contribution in [0.5, 0.6) is 0 Å². The van der Waals surface area contributed by atoms with E-state index < -0.39 is 51.5 Å². The summed E-state index contributed by atoms with van der Waals surface area (Å²) in [6, 6.07) is 9.10. The fraction of sp³-hybridized carbons (Fsp3) is 0.520. The number of likely N-dealkylation sites (N-methyl/N-ethyl adjacent to an activating group) is 1. The number of amides is 2. The predicted molar refractivity (Wildman–Crippen MR) is 138 cm³/mol. The highest BCUT2D eigenvalue weighted by molar-refractivity contribution is 7.89. The molecule has 4 atom stereocenters. The number of carbonyl (C=O) groups is 2. The molecule has 0 aromatic heterocycles. The molecule has 0 spiro atoms. The van der Waals surface area contributed by atoms with Gasteiger partial charge in [0.05, 0.1) is 16.9 Å². The topological polar surface area (TPSA) is 154 Å². The van der Waals surface area contributed by atoms with Crippen LogP contribution in [0.2, 0.25) is 0 Å². The summed E-state index contributed by atoms with van der Waals surface area (Å²) in [5, 5.41) is 19.4. The highest BCUT2D eigenvalue weighted by atomic mass is 32.2. The van der Waals surface area contributed by atoms with Gasteiger partial charge in [-0.1, -0.05) is 71.0 Å². The predicted octanol–water partition coefficient (Wildman–Crippen LogP) is 2.51. The minimum absolute atomic E-state index is 0.0645. The van der Waals surface area contributed by atoms with Crippen molar-refractivity contribution >= 4 is 32.6 Å². The number of nitrogens with zero attached hydrogens (tertiary/aromatic N) is 1. The van der Waals surface area contributed by atoms with Crippen LogP contribution in [0.3, 0.4) is 0 Å². The molecule has 2 aromatic rings. The van der Waals surface area contributed by atoms with E-state index >= 15 is 0 Å². The summed E-state index contributed by atoms with van der Waals surface area (Å²) in [4.78, 5) is 37.3. The Labute approximate surface area is 212 Å². The van der Waals surface area contributed by atoms with Crippen LogP contribution in [0.4, 0.5) is 0 Å². The summed E-state index contributed by atoms with van der Waals surface area (Å²) in [6.07, 6.45) is -1.93. The molecule has 198 valence electrons. The van der Waals surface area contributed by atoms with Crippen molar-refractivity contribution in [2.45, 2.75) is 64.2 Å². The van der Waals surface area contributed by atoms with Crippen molar-refractivity contribution < 1.29 is 23.1 Å². The van der Waals surface area contributed by atoms with E-state index in [4.69, 9.17) is 0 Å². The summed E-state index contributed by atoms with van der Waals surface area (Å²) in [7, 11) is -2.86. The standard InChI is InChI=1S/C25H36N4O6S/c1-15(2)14-18(22(30)27-21(24(32)26-6)25(3,4)5)20(23(31)28-33)29-36(34,35)19-13-9-11-16-10-7-8-12-17(16)19/h7-13,15,18,20-21,23,29,31H,14H2,1-6H3,(H,26,32)(H,27,30)/t18-,20+,21?,23?/m1/s1. The minimum atomic E-state index is -4.30. The Morgan fingerprint density at radius 1 is 1.03 bits per heavy atom. The number of carbonyl (C=O) groups excluding carboxylic acids is 2. The zero-order valence-corrected chi connectivity index (χ0v) is 22.3. The average Bonchev–Trinajstić information content (AvgIpc) is 2.82. The van der Waals surface area contributed by atoms with Crippen molar-refractivity contribution in [3.63, 3.8) is 0 Å². The first kappa shape index (κ1) is 29.3. The molecule has 0 bridgehead atoms. The van der Waals surface area contributed by atoms with Gasteiger partial charge in [-0.2, -0.15) is 0 Å². The van der Waals surface area contributed by atoms with Gasteiger partial charge in [0, 0.05) is 12.4 Å². The summed E-state index contributed by atoms with van der Waals surface area (Å²) in [5.41, 5.74) is -0.669. The molecule has 0 aliphatic carbocycles. The lowest BCUT2D eigenvalue weighted by Crippen LogP contribution is -2.58. The Bertz CT molecular complexity index is 1190. The molecule has 2 amide bonds. The van der Waals surface area contributed by atoms with Crippen LogP contribution in [0.1, 0.15) is 41.0 Å². The number of hydrogen-bond donors (Lipinski definition) is 4. The Balaban J connectivity index is 2.52. The maximum absolute atomic E-state index is 13.5. The fourth-order valence-electron chi connectivity index (χ4n) is 4.08. The maximum atomic E-state index is 13.5. The smallest absolute Gasteiger partial charge is 0.242 e. The number of benzene rings is 2. The second kappa shape index (κ2) is 11.9. The Hall–Kier alpha value is -2.89. The van der Waals surface area contributed by atoms with Crippen LogP contribution in [0.25, 0.3) is 10.8 Å². The molecular weight excluding hydrogens is 484 g/mol. The minimum Gasteiger partial charge on any atom is -0.368 e. The molecule has 2 unspecified atom stereocenters. The van der Waals surface area contributed by atoms with Crippen LogP contribution in [0, 0.1) is 22.2 Å². The van der Waals surface area contributed by atoms with Crippen molar-refractivity contribution in [2.24, 2.45) is 22.4 Å². The third kappa shape index (κ3) is 7.08. The van der Waals surface area contributed by atoms with E-state index in [0.717, 1.165) is 0 Å². The molecular formula is C25H36N4O6S. The molecule has 4 N–H and O–H groups in total. The number of fused-ring (bicyclic) bond motifs is 1. The van der Waals surface area contributed by atoms with E-state index in [9.17, 15) is 28.0 Å². The van der Waals surface area contributed by atoms with E-state index in [1.54, 1.807) is 57.2 Å². The van der Waals surface area contributed by atoms with Crippen molar-refractivity contribution in [1.29, 1.82) is 0 Å². The lowest BCUT2D eigenvalue weighted by atomic mass is 9.84. The van der Waals surface area contributed by atoms with E-state index in [1.165, 1.54) is 13.1 Å². The van der Waals surface area contributed by atoms with Crippen LogP contribution >= 0.6 is 0 Å². The molecule has 2 rings (SSSR count). The number of aliphatic hydroxyl groups excluding tert-OH is 1. The van der Waals surface area contributed by atoms with Crippen LogP contribution in [0.15, 0.2) is 52.5 Å². The third-order valence-electron chi connectivity index (χ3n) is 5.92. The maximum Gasteiger partial charge on any atom is 0.242 e. The first-order chi connectivity index (χ1) is 16.7. The van der Waals surface area contributed by atoms with Gasteiger partial charge in [0.15, 0.2) is 0 Å². The van der Waals surface area contributed by atoms with E-state index in [2.05, 4.69) is 20.5 Å². The lowest BCUT2D eigenvalue weighted by molar-refractivity contribution is -0.134. The quantitative estimate of drug-likeness (QED) is 0.334. The number of aliphatic hydroxyl groups is 1. The van der Waals surface area contributed by atoms with Crippen LogP contribution < -0.4 is 15.4 Å². The van der Waals surface area contributed by atoms with Gasteiger partial charge in [-0.05, 0) is 34.4 Å². The van der Waals surface area contributed by atoms with Gasteiger partial charge in [0.2, 0.25) is 28.1 Å². The van der Waals surface area contributed by atoms with E-state index in [1.807, 2.05) is 13.8 Å². The lowest BCUT2D eigenvalue weighted by Gasteiger charge is -2.34. The largest absolute Gasteiger partial charge is 0.368 e. The first-order valence-corrected chi connectivity index (χ1v) is 13.2. The van der Waals surface area contributed by atoms with Crippen molar-refractivity contribution in [1.82, 2.24) is 15.4 Å². The molecule has 0 saturated heterocycles. The van der Waals surface area contributed by atoms with Gasteiger partial charge in [-0.15, -0.1) is 4.91 Å². The second-order valence-corrected chi connectivity index (χ2v) is 12.0. The monoisotopic (exact) mass is 520 g/mol. The fourth-order valence-corrected chi connectivity index (χ4v) is 5.59. The molecule has 2 aromatic carbocycles. The van der Waals surface area contributed by atoms with Gasteiger partial charge >= 0.3 is 0 Å². The van der Waals surface area contributed by atoms with E-state index in [-0.39, 0.29) is 17.2 Å².